The van der Waals surface area contributed by atoms with Gasteiger partial charge in [0, 0.05) is 24.2 Å². The molecule has 1 heterocycles. The number of anilines is 1. The largest absolute Gasteiger partial charge is 0.314 e. The number of nitrogens with zero attached hydrogens (tertiary/aromatic N) is 1. The molecule has 110 valence electrons. The molecular weight excluding hydrogens is 248 g/mol. The van der Waals surface area contributed by atoms with Crippen molar-refractivity contribution in [2.45, 2.75) is 45.6 Å². The zero-order chi connectivity index (χ0) is 14.4. The van der Waals surface area contributed by atoms with Gasteiger partial charge in [-0.05, 0) is 44.9 Å². The standard InChI is InChI=1S/C17H26N2O/c1-3-4-12-19(16-8-6-5-7-9-16)17(20)15-10-11-18-14(2)13-15/h5-9,14-15,18H,3-4,10-13H2,1-2H3. The van der Waals surface area contributed by atoms with Gasteiger partial charge in [-0.2, -0.15) is 0 Å². The smallest absolute Gasteiger partial charge is 0.230 e. The summed E-state index contributed by atoms with van der Waals surface area (Å²) in [5.41, 5.74) is 1.04. The predicted molar refractivity (Wildman–Crippen MR) is 83.9 cm³/mol. The molecule has 2 unspecified atom stereocenters. The third kappa shape index (κ3) is 3.83. The molecule has 1 aromatic rings. The van der Waals surface area contributed by atoms with Crippen LogP contribution >= 0.6 is 0 Å². The zero-order valence-corrected chi connectivity index (χ0v) is 12.6. The van der Waals surface area contributed by atoms with Gasteiger partial charge in [0.1, 0.15) is 0 Å². The van der Waals surface area contributed by atoms with Crippen LogP contribution in [0.15, 0.2) is 30.3 Å². The summed E-state index contributed by atoms with van der Waals surface area (Å²) in [6, 6.07) is 10.5. The molecule has 0 aromatic heterocycles. The average molecular weight is 274 g/mol. The highest BCUT2D eigenvalue weighted by atomic mass is 16.2. The number of piperidine rings is 1. The molecule has 0 spiro atoms. The molecule has 3 nitrogen and oxygen atoms in total. The predicted octanol–water partition coefficient (Wildman–Crippen LogP) is 3.21. The van der Waals surface area contributed by atoms with Crippen LogP contribution in [0.3, 0.4) is 0 Å². The van der Waals surface area contributed by atoms with Crippen molar-refractivity contribution in [1.29, 1.82) is 0 Å². The molecule has 2 atom stereocenters. The van der Waals surface area contributed by atoms with Crippen LogP contribution in [-0.2, 0) is 4.79 Å². The topological polar surface area (TPSA) is 32.3 Å². The van der Waals surface area contributed by atoms with E-state index in [2.05, 4.69) is 19.2 Å². The van der Waals surface area contributed by atoms with Gasteiger partial charge in [-0.1, -0.05) is 31.5 Å². The third-order valence-corrected chi connectivity index (χ3v) is 4.04. The SMILES string of the molecule is CCCCN(C(=O)C1CCNC(C)C1)c1ccccc1. The summed E-state index contributed by atoms with van der Waals surface area (Å²) in [4.78, 5) is 14.8. The molecule has 1 amide bonds. The van der Waals surface area contributed by atoms with Gasteiger partial charge < -0.3 is 10.2 Å². The van der Waals surface area contributed by atoms with Crippen LogP contribution < -0.4 is 10.2 Å². The van der Waals surface area contributed by atoms with E-state index in [4.69, 9.17) is 0 Å². The van der Waals surface area contributed by atoms with Crippen molar-refractivity contribution in [3.05, 3.63) is 30.3 Å². The number of unbranched alkanes of at least 4 members (excludes halogenated alkanes) is 1. The Morgan fingerprint density at radius 2 is 2.10 bits per heavy atom. The number of hydrogen-bond acceptors (Lipinski definition) is 2. The minimum atomic E-state index is 0.170. The Morgan fingerprint density at radius 3 is 2.75 bits per heavy atom. The number of para-hydroxylation sites is 1. The van der Waals surface area contributed by atoms with E-state index >= 15 is 0 Å². The van der Waals surface area contributed by atoms with Crippen LogP contribution in [-0.4, -0.2) is 25.0 Å². The van der Waals surface area contributed by atoms with E-state index in [1.807, 2.05) is 35.2 Å². The van der Waals surface area contributed by atoms with Crippen LogP contribution in [0.5, 0.6) is 0 Å². The quantitative estimate of drug-likeness (QED) is 0.894. The summed E-state index contributed by atoms with van der Waals surface area (Å²) in [5.74, 6) is 0.473. The lowest BCUT2D eigenvalue weighted by atomic mass is 9.91. The normalized spacial score (nSPS) is 22.5. The third-order valence-electron chi connectivity index (χ3n) is 4.04. The second-order valence-electron chi connectivity index (χ2n) is 5.76. The molecule has 1 aliphatic rings. The lowest BCUT2D eigenvalue weighted by Crippen LogP contribution is -2.44. The fraction of sp³-hybridized carbons (Fsp3) is 0.588. The summed E-state index contributed by atoms with van der Waals surface area (Å²) in [5, 5.41) is 3.42. The molecule has 1 fully saturated rings. The Hall–Kier alpha value is -1.35. The molecule has 20 heavy (non-hydrogen) atoms. The number of hydrogen-bond donors (Lipinski definition) is 1. The molecular formula is C17H26N2O. The lowest BCUT2D eigenvalue weighted by Gasteiger charge is -2.32. The Balaban J connectivity index is 2.11. The molecule has 2 rings (SSSR count). The van der Waals surface area contributed by atoms with Gasteiger partial charge in [0.2, 0.25) is 5.91 Å². The summed E-state index contributed by atoms with van der Waals surface area (Å²) in [6.07, 6.45) is 4.08. The fourth-order valence-corrected chi connectivity index (χ4v) is 2.87. The minimum absolute atomic E-state index is 0.170. The molecule has 1 aliphatic heterocycles. The maximum atomic E-state index is 12.8. The first-order valence-corrected chi connectivity index (χ1v) is 7.82. The molecule has 1 saturated heterocycles. The fourth-order valence-electron chi connectivity index (χ4n) is 2.87. The van der Waals surface area contributed by atoms with Crippen molar-refractivity contribution < 1.29 is 4.79 Å². The molecule has 1 aromatic carbocycles. The number of rotatable bonds is 5. The maximum absolute atomic E-state index is 12.8. The van der Waals surface area contributed by atoms with Gasteiger partial charge in [-0.3, -0.25) is 4.79 Å². The summed E-state index contributed by atoms with van der Waals surface area (Å²) in [6.45, 7) is 6.12. The highest BCUT2D eigenvalue weighted by Gasteiger charge is 2.28. The van der Waals surface area contributed by atoms with Crippen LogP contribution in [0.2, 0.25) is 0 Å². The average Bonchev–Trinajstić information content (AvgIpc) is 2.48. The van der Waals surface area contributed by atoms with E-state index in [0.29, 0.717) is 11.9 Å². The number of amides is 1. The van der Waals surface area contributed by atoms with Crippen molar-refractivity contribution in [2.75, 3.05) is 18.0 Å². The molecule has 3 heteroatoms. The van der Waals surface area contributed by atoms with Gasteiger partial charge in [0.25, 0.3) is 0 Å². The van der Waals surface area contributed by atoms with E-state index in [0.717, 1.165) is 44.5 Å². The molecule has 0 saturated carbocycles. The second kappa shape index (κ2) is 7.44. The van der Waals surface area contributed by atoms with Crippen LogP contribution in [0.4, 0.5) is 5.69 Å². The molecule has 0 aliphatic carbocycles. The second-order valence-corrected chi connectivity index (χ2v) is 5.76. The highest BCUT2D eigenvalue weighted by molar-refractivity contribution is 5.95. The van der Waals surface area contributed by atoms with Crippen molar-refractivity contribution in [1.82, 2.24) is 5.32 Å². The highest BCUT2D eigenvalue weighted by Crippen LogP contribution is 2.23. The molecule has 0 bridgehead atoms. The summed E-state index contributed by atoms with van der Waals surface area (Å²) in [7, 11) is 0. The Morgan fingerprint density at radius 1 is 1.35 bits per heavy atom. The van der Waals surface area contributed by atoms with Crippen LogP contribution in [0, 0.1) is 5.92 Å². The zero-order valence-electron chi connectivity index (χ0n) is 12.6. The first-order chi connectivity index (χ1) is 9.72. The van der Waals surface area contributed by atoms with E-state index in [9.17, 15) is 4.79 Å². The Bertz CT molecular complexity index is 418. The lowest BCUT2D eigenvalue weighted by molar-refractivity contribution is -0.123. The van der Waals surface area contributed by atoms with E-state index in [1.165, 1.54) is 0 Å². The monoisotopic (exact) mass is 274 g/mol. The summed E-state index contributed by atoms with van der Waals surface area (Å²) >= 11 is 0. The van der Waals surface area contributed by atoms with Crippen molar-refractivity contribution >= 4 is 11.6 Å². The first kappa shape index (κ1) is 15.0. The number of carbonyl (C=O) groups is 1. The summed E-state index contributed by atoms with van der Waals surface area (Å²) < 4.78 is 0. The van der Waals surface area contributed by atoms with Gasteiger partial charge in [-0.15, -0.1) is 0 Å². The van der Waals surface area contributed by atoms with E-state index < -0.39 is 0 Å². The molecule has 0 radical (unpaired) electrons. The van der Waals surface area contributed by atoms with Gasteiger partial charge >= 0.3 is 0 Å². The number of benzene rings is 1. The Kier molecular flexibility index (Phi) is 5.60. The Labute approximate surface area is 122 Å². The number of nitrogens with one attached hydrogen (secondary N) is 1. The van der Waals surface area contributed by atoms with Gasteiger partial charge in [0.15, 0.2) is 0 Å². The van der Waals surface area contributed by atoms with Crippen molar-refractivity contribution in [3.8, 4) is 0 Å². The van der Waals surface area contributed by atoms with Crippen LogP contribution in [0.1, 0.15) is 39.5 Å². The van der Waals surface area contributed by atoms with E-state index in [-0.39, 0.29) is 5.92 Å². The first-order valence-electron chi connectivity index (χ1n) is 7.82. The van der Waals surface area contributed by atoms with Gasteiger partial charge in [-0.25, -0.2) is 0 Å². The van der Waals surface area contributed by atoms with Gasteiger partial charge in [0.05, 0.1) is 0 Å². The maximum Gasteiger partial charge on any atom is 0.230 e. The minimum Gasteiger partial charge on any atom is -0.314 e. The molecule has 1 N–H and O–H groups in total. The number of carbonyl (C=O) groups excluding carboxylic acids is 1. The van der Waals surface area contributed by atoms with E-state index in [1.54, 1.807) is 0 Å². The van der Waals surface area contributed by atoms with Crippen LogP contribution in [0.25, 0.3) is 0 Å². The van der Waals surface area contributed by atoms with Crippen molar-refractivity contribution in [2.24, 2.45) is 5.92 Å². The van der Waals surface area contributed by atoms with Crippen molar-refractivity contribution in [3.63, 3.8) is 0 Å².